The number of amides is 3. The Labute approximate surface area is 147 Å². The Morgan fingerprint density at radius 2 is 1.92 bits per heavy atom. The van der Waals surface area contributed by atoms with Crippen LogP contribution in [0.3, 0.4) is 0 Å². The SMILES string of the molecule is CN1C[C@@H](C(=O)Nc2ccccc2NC(=O)C[C@@H]2C=CCC2)CC1=O. The molecule has 1 fully saturated rings. The van der Waals surface area contributed by atoms with E-state index < -0.39 is 0 Å². The van der Waals surface area contributed by atoms with Gasteiger partial charge in [-0.3, -0.25) is 14.4 Å². The number of anilines is 2. The van der Waals surface area contributed by atoms with Gasteiger partial charge in [-0.1, -0.05) is 24.3 Å². The third kappa shape index (κ3) is 4.26. The van der Waals surface area contributed by atoms with Crippen molar-refractivity contribution in [2.24, 2.45) is 11.8 Å². The molecule has 1 aromatic rings. The number of nitrogens with zero attached hydrogens (tertiary/aromatic N) is 1. The molecule has 0 aromatic heterocycles. The molecular weight excluding hydrogens is 318 g/mol. The van der Waals surface area contributed by atoms with Gasteiger partial charge in [0.2, 0.25) is 17.7 Å². The Bertz CT molecular complexity index is 714. The average molecular weight is 341 g/mol. The van der Waals surface area contributed by atoms with E-state index in [-0.39, 0.29) is 30.1 Å². The number of likely N-dealkylation sites (tertiary alicyclic amines) is 1. The number of benzene rings is 1. The van der Waals surface area contributed by atoms with Crippen molar-refractivity contribution in [3.63, 3.8) is 0 Å². The highest BCUT2D eigenvalue weighted by Gasteiger charge is 2.32. The van der Waals surface area contributed by atoms with E-state index in [0.29, 0.717) is 30.3 Å². The molecule has 0 unspecified atom stereocenters. The Hall–Kier alpha value is -2.63. The minimum atomic E-state index is -0.357. The Morgan fingerprint density at radius 3 is 2.52 bits per heavy atom. The van der Waals surface area contributed by atoms with Crippen molar-refractivity contribution in [2.75, 3.05) is 24.2 Å². The van der Waals surface area contributed by atoms with E-state index in [0.717, 1.165) is 12.8 Å². The zero-order valence-electron chi connectivity index (χ0n) is 14.3. The third-order valence-electron chi connectivity index (χ3n) is 4.73. The highest BCUT2D eigenvalue weighted by molar-refractivity contribution is 6.02. The lowest BCUT2D eigenvalue weighted by molar-refractivity contribution is -0.127. The predicted molar refractivity (Wildman–Crippen MR) is 95.9 cm³/mol. The predicted octanol–water partition coefficient (Wildman–Crippen LogP) is 2.40. The fourth-order valence-corrected chi connectivity index (χ4v) is 3.28. The van der Waals surface area contributed by atoms with Crippen LogP contribution in [0.1, 0.15) is 25.7 Å². The summed E-state index contributed by atoms with van der Waals surface area (Å²) in [5, 5.41) is 5.73. The standard InChI is InChI=1S/C19H23N3O3/c1-22-12-14(11-18(22)24)19(25)21-16-9-5-4-8-15(16)20-17(23)10-13-6-2-3-7-13/h2,4-6,8-9,13-14H,3,7,10-12H2,1H3,(H,20,23)(H,21,25)/t13-,14+/m1/s1. The van der Waals surface area contributed by atoms with Crippen LogP contribution in [-0.4, -0.2) is 36.2 Å². The molecule has 1 aliphatic carbocycles. The molecule has 0 spiro atoms. The van der Waals surface area contributed by atoms with Gasteiger partial charge in [0.25, 0.3) is 0 Å². The van der Waals surface area contributed by atoms with E-state index in [4.69, 9.17) is 0 Å². The zero-order valence-corrected chi connectivity index (χ0v) is 14.3. The van der Waals surface area contributed by atoms with E-state index in [1.165, 1.54) is 0 Å². The van der Waals surface area contributed by atoms with E-state index in [1.54, 1.807) is 30.1 Å². The molecule has 2 atom stereocenters. The molecule has 1 saturated heterocycles. The van der Waals surface area contributed by atoms with Gasteiger partial charge in [0.15, 0.2) is 0 Å². The van der Waals surface area contributed by atoms with Gasteiger partial charge in [-0.2, -0.15) is 0 Å². The first-order chi connectivity index (χ1) is 12.0. The number of rotatable bonds is 5. The minimum Gasteiger partial charge on any atom is -0.345 e. The second-order valence-electron chi connectivity index (χ2n) is 6.73. The lowest BCUT2D eigenvalue weighted by atomic mass is 10.0. The first-order valence-electron chi connectivity index (χ1n) is 8.63. The summed E-state index contributed by atoms with van der Waals surface area (Å²) in [5.74, 6) is -0.342. The van der Waals surface area contributed by atoms with Gasteiger partial charge in [0, 0.05) is 26.4 Å². The molecule has 3 rings (SSSR count). The molecule has 25 heavy (non-hydrogen) atoms. The number of hydrogen-bond donors (Lipinski definition) is 2. The van der Waals surface area contributed by atoms with Crippen molar-refractivity contribution in [1.82, 2.24) is 4.90 Å². The number of nitrogens with one attached hydrogen (secondary N) is 2. The van der Waals surface area contributed by atoms with Crippen molar-refractivity contribution < 1.29 is 14.4 Å². The molecule has 6 heteroatoms. The molecule has 2 aliphatic rings. The van der Waals surface area contributed by atoms with Gasteiger partial charge < -0.3 is 15.5 Å². The van der Waals surface area contributed by atoms with Gasteiger partial charge in [-0.25, -0.2) is 0 Å². The number of hydrogen-bond acceptors (Lipinski definition) is 3. The van der Waals surface area contributed by atoms with Crippen molar-refractivity contribution in [1.29, 1.82) is 0 Å². The van der Waals surface area contributed by atoms with E-state index >= 15 is 0 Å². The molecule has 2 N–H and O–H groups in total. The summed E-state index contributed by atoms with van der Waals surface area (Å²) in [4.78, 5) is 37.8. The van der Waals surface area contributed by atoms with Gasteiger partial charge >= 0.3 is 0 Å². The lowest BCUT2D eigenvalue weighted by Gasteiger charge is -2.15. The molecule has 0 saturated carbocycles. The maximum atomic E-state index is 12.4. The maximum absolute atomic E-state index is 12.4. The Kier molecular flexibility index (Phi) is 5.16. The first-order valence-corrected chi connectivity index (χ1v) is 8.63. The fourth-order valence-electron chi connectivity index (χ4n) is 3.28. The summed E-state index contributed by atoms with van der Waals surface area (Å²) in [6, 6.07) is 7.14. The van der Waals surface area contributed by atoms with Crippen LogP contribution in [0.25, 0.3) is 0 Å². The minimum absolute atomic E-state index is 0.0219. The molecule has 0 radical (unpaired) electrons. The van der Waals surface area contributed by atoms with Crippen molar-refractivity contribution in [3.05, 3.63) is 36.4 Å². The zero-order chi connectivity index (χ0) is 17.8. The topological polar surface area (TPSA) is 78.5 Å². The van der Waals surface area contributed by atoms with Crippen LogP contribution in [0.5, 0.6) is 0 Å². The van der Waals surface area contributed by atoms with Crippen LogP contribution in [0.4, 0.5) is 11.4 Å². The average Bonchev–Trinajstić information content (AvgIpc) is 3.19. The van der Waals surface area contributed by atoms with Crippen LogP contribution < -0.4 is 10.6 Å². The van der Waals surface area contributed by atoms with Crippen molar-refractivity contribution >= 4 is 29.1 Å². The lowest BCUT2D eigenvalue weighted by Crippen LogP contribution is -2.26. The van der Waals surface area contributed by atoms with Crippen LogP contribution in [0.2, 0.25) is 0 Å². The molecule has 1 heterocycles. The highest BCUT2D eigenvalue weighted by atomic mass is 16.2. The number of para-hydroxylation sites is 2. The summed E-state index contributed by atoms with van der Waals surface area (Å²) < 4.78 is 0. The Balaban J connectivity index is 1.62. The normalized spacial score (nSPS) is 22.3. The quantitative estimate of drug-likeness (QED) is 0.807. The summed E-state index contributed by atoms with van der Waals surface area (Å²) in [7, 11) is 1.70. The third-order valence-corrected chi connectivity index (χ3v) is 4.73. The first kappa shape index (κ1) is 17.2. The van der Waals surface area contributed by atoms with E-state index in [9.17, 15) is 14.4 Å². The maximum Gasteiger partial charge on any atom is 0.229 e. The van der Waals surface area contributed by atoms with Gasteiger partial charge in [0.1, 0.15) is 0 Å². The number of allylic oxidation sites excluding steroid dienone is 2. The Morgan fingerprint density at radius 1 is 1.20 bits per heavy atom. The molecular formula is C19H23N3O3. The van der Waals surface area contributed by atoms with E-state index in [1.807, 2.05) is 6.07 Å². The summed E-state index contributed by atoms with van der Waals surface area (Å²) >= 11 is 0. The largest absolute Gasteiger partial charge is 0.345 e. The summed E-state index contributed by atoms with van der Waals surface area (Å²) in [6.07, 6.45) is 6.90. The fraction of sp³-hybridized carbons (Fsp3) is 0.421. The molecule has 132 valence electrons. The van der Waals surface area contributed by atoms with Gasteiger partial charge in [-0.15, -0.1) is 0 Å². The molecule has 3 amide bonds. The van der Waals surface area contributed by atoms with Gasteiger partial charge in [0.05, 0.1) is 17.3 Å². The molecule has 0 bridgehead atoms. The second-order valence-corrected chi connectivity index (χ2v) is 6.73. The molecule has 1 aliphatic heterocycles. The monoisotopic (exact) mass is 341 g/mol. The van der Waals surface area contributed by atoms with Crippen LogP contribution in [-0.2, 0) is 14.4 Å². The van der Waals surface area contributed by atoms with Crippen LogP contribution in [0, 0.1) is 11.8 Å². The smallest absolute Gasteiger partial charge is 0.229 e. The molecule has 1 aromatic carbocycles. The van der Waals surface area contributed by atoms with Crippen LogP contribution >= 0.6 is 0 Å². The van der Waals surface area contributed by atoms with Crippen molar-refractivity contribution in [2.45, 2.75) is 25.7 Å². The number of carbonyl (C=O) groups excluding carboxylic acids is 3. The number of carbonyl (C=O) groups is 3. The van der Waals surface area contributed by atoms with Crippen molar-refractivity contribution in [3.8, 4) is 0 Å². The summed E-state index contributed by atoms with van der Waals surface area (Å²) in [5.41, 5.74) is 1.14. The highest BCUT2D eigenvalue weighted by Crippen LogP contribution is 2.26. The van der Waals surface area contributed by atoms with E-state index in [2.05, 4.69) is 22.8 Å². The molecule has 6 nitrogen and oxygen atoms in total. The second kappa shape index (κ2) is 7.51. The van der Waals surface area contributed by atoms with Crippen LogP contribution in [0.15, 0.2) is 36.4 Å². The summed E-state index contributed by atoms with van der Waals surface area (Å²) in [6.45, 7) is 0.424. The van der Waals surface area contributed by atoms with Gasteiger partial charge in [-0.05, 0) is 30.9 Å².